The van der Waals surface area contributed by atoms with Gasteiger partial charge < -0.3 is 33.8 Å². The Bertz CT molecular complexity index is 2160. The van der Waals surface area contributed by atoms with Crippen molar-refractivity contribution >= 4 is 39.5 Å². The molecular weight excluding hydrogens is 1260 g/mol. The lowest BCUT2D eigenvalue weighted by molar-refractivity contribution is -0.161. The second kappa shape index (κ2) is 69.7. The number of carbonyl (C=O) groups excluding carboxylic acids is 4. The molecule has 0 saturated heterocycles. The Labute approximate surface area is 583 Å². The standard InChI is InChI=1S/C77H136O17P2/c1-5-9-13-17-21-25-29-32-33-34-35-36-37-40-43-46-50-54-58-62-75(80)88-67-72(93-76(81)63-59-55-51-47-41-28-24-20-16-12-8-4)69-91-95(83,84)89-65-71(78)66-90-96(85,86)92-70-73(94-77(82)64-60-56-52-48-44-39-31-27-23-19-15-11-7-3)68-87-74(79)61-57-53-49-45-42-38-30-26-22-18-14-10-6-2/h9,13,20-21,24-26,30,32-33,35-36,40,43,71-73,78H,5-8,10-12,14-19,22-23,27-29,31,34,37-39,41-42,44-70H2,1-4H3,(H,83,84)(H,85,86)/b13-9-,24-20-,25-21-,30-26-,33-32-,36-35-,43-40-. The summed E-state index contributed by atoms with van der Waals surface area (Å²) in [5.74, 6) is -2.21. The molecule has 0 saturated carbocycles. The van der Waals surface area contributed by atoms with E-state index in [-0.39, 0.29) is 25.7 Å². The SMILES string of the molecule is CC/C=C\C/C=C\C/C=C\C/C=C\C/C=C\CCCCCC(=O)OCC(COP(=O)(O)OCC(O)COP(=O)(O)OCC(COC(=O)CCCCCCC/C=C\CCCCCC)OC(=O)CCCCCCCCCCCCCCC)OC(=O)CCCCCCC/C=C\CCCC. The van der Waals surface area contributed by atoms with Crippen LogP contribution in [0.1, 0.15) is 323 Å². The molecule has 0 aromatic heterocycles. The first-order chi connectivity index (χ1) is 46.7. The molecule has 0 rings (SSSR count). The van der Waals surface area contributed by atoms with Crippen LogP contribution in [0.5, 0.6) is 0 Å². The maximum Gasteiger partial charge on any atom is 0.472 e. The number of rotatable bonds is 71. The number of aliphatic hydroxyl groups is 1. The summed E-state index contributed by atoms with van der Waals surface area (Å²) in [5.41, 5.74) is 0. The van der Waals surface area contributed by atoms with Gasteiger partial charge in [-0.15, -0.1) is 0 Å². The minimum Gasteiger partial charge on any atom is -0.462 e. The third-order valence-corrected chi connectivity index (χ3v) is 17.7. The van der Waals surface area contributed by atoms with Crippen LogP contribution in [0, 0.1) is 0 Å². The predicted octanol–water partition coefficient (Wildman–Crippen LogP) is 21.4. The summed E-state index contributed by atoms with van der Waals surface area (Å²) in [4.78, 5) is 72.7. The molecule has 0 bridgehead atoms. The fourth-order valence-corrected chi connectivity index (χ4v) is 11.6. The number of allylic oxidation sites excluding steroid dienone is 14. The van der Waals surface area contributed by atoms with Crippen LogP contribution in [0.3, 0.4) is 0 Å². The van der Waals surface area contributed by atoms with E-state index in [1.54, 1.807) is 0 Å². The third kappa shape index (κ3) is 68.8. The van der Waals surface area contributed by atoms with Gasteiger partial charge in [0.2, 0.25) is 0 Å². The number of carbonyl (C=O) groups is 4. The van der Waals surface area contributed by atoms with Crippen LogP contribution in [-0.4, -0.2) is 96.7 Å². The molecule has 0 heterocycles. The first-order valence-electron chi connectivity index (χ1n) is 37.8. The molecule has 0 aliphatic carbocycles. The summed E-state index contributed by atoms with van der Waals surface area (Å²) < 4.78 is 68.3. The molecule has 96 heavy (non-hydrogen) atoms. The Kier molecular flexibility index (Phi) is 67.0. The summed E-state index contributed by atoms with van der Waals surface area (Å²) in [6.07, 6.45) is 70.1. The van der Waals surface area contributed by atoms with Gasteiger partial charge in [0, 0.05) is 25.7 Å². The van der Waals surface area contributed by atoms with E-state index in [1.165, 1.54) is 89.9 Å². The van der Waals surface area contributed by atoms with Gasteiger partial charge in [-0.3, -0.25) is 37.3 Å². The molecule has 0 aliphatic heterocycles. The largest absolute Gasteiger partial charge is 0.472 e. The maximum atomic E-state index is 13.0. The van der Waals surface area contributed by atoms with Crippen molar-refractivity contribution in [2.24, 2.45) is 0 Å². The summed E-state index contributed by atoms with van der Waals surface area (Å²) >= 11 is 0. The van der Waals surface area contributed by atoms with Crippen molar-refractivity contribution in [1.82, 2.24) is 0 Å². The smallest absolute Gasteiger partial charge is 0.462 e. The summed E-state index contributed by atoms with van der Waals surface area (Å²) in [6, 6.07) is 0. The van der Waals surface area contributed by atoms with Crippen molar-refractivity contribution in [3.05, 3.63) is 85.1 Å². The Morgan fingerprint density at radius 2 is 0.552 bits per heavy atom. The first-order valence-corrected chi connectivity index (χ1v) is 40.8. The number of unbranched alkanes of at least 4 members (excludes halogenated alkanes) is 31. The van der Waals surface area contributed by atoms with E-state index < -0.39 is 97.5 Å². The number of hydrogen-bond donors (Lipinski definition) is 3. The topological polar surface area (TPSA) is 237 Å². The molecule has 5 unspecified atom stereocenters. The zero-order valence-corrected chi connectivity index (χ0v) is 62.3. The first kappa shape index (κ1) is 92.2. The molecule has 19 heteroatoms. The average molecular weight is 1400 g/mol. The number of aliphatic hydroxyl groups excluding tert-OH is 1. The third-order valence-electron chi connectivity index (χ3n) is 15.8. The van der Waals surface area contributed by atoms with Crippen LogP contribution < -0.4 is 0 Å². The number of hydrogen-bond acceptors (Lipinski definition) is 15. The second-order valence-corrected chi connectivity index (χ2v) is 28.1. The molecule has 0 aromatic rings. The second-order valence-electron chi connectivity index (χ2n) is 25.2. The lowest BCUT2D eigenvalue weighted by Crippen LogP contribution is -2.30. The van der Waals surface area contributed by atoms with E-state index in [1.807, 2.05) is 0 Å². The van der Waals surface area contributed by atoms with E-state index in [2.05, 4.69) is 113 Å². The van der Waals surface area contributed by atoms with Crippen molar-refractivity contribution < 1.29 is 80.2 Å². The molecule has 0 aliphatic rings. The number of phosphoric acid groups is 2. The van der Waals surface area contributed by atoms with Gasteiger partial charge in [0.25, 0.3) is 0 Å². The molecule has 556 valence electrons. The van der Waals surface area contributed by atoms with Gasteiger partial charge in [0.15, 0.2) is 12.2 Å². The van der Waals surface area contributed by atoms with Crippen molar-refractivity contribution in [3.8, 4) is 0 Å². The quantitative estimate of drug-likeness (QED) is 0.0169. The fraction of sp³-hybridized carbons (Fsp3) is 0.766. The molecule has 0 fully saturated rings. The molecule has 0 amide bonds. The molecule has 0 radical (unpaired) electrons. The average Bonchev–Trinajstić information content (AvgIpc) is 1.11. The van der Waals surface area contributed by atoms with E-state index in [4.69, 9.17) is 37.0 Å². The Balaban J connectivity index is 5.32. The van der Waals surface area contributed by atoms with Gasteiger partial charge in [0.05, 0.1) is 26.4 Å². The molecular formula is C77H136O17P2. The molecule has 0 spiro atoms. The van der Waals surface area contributed by atoms with Crippen LogP contribution in [0.4, 0.5) is 0 Å². The van der Waals surface area contributed by atoms with Gasteiger partial charge in [-0.05, 0) is 116 Å². The van der Waals surface area contributed by atoms with Crippen LogP contribution in [-0.2, 0) is 65.4 Å². The molecule has 0 aromatic carbocycles. The molecule has 3 N–H and O–H groups in total. The highest BCUT2D eigenvalue weighted by Gasteiger charge is 2.30. The lowest BCUT2D eigenvalue weighted by atomic mass is 10.0. The van der Waals surface area contributed by atoms with Crippen molar-refractivity contribution in [1.29, 1.82) is 0 Å². The highest BCUT2D eigenvalue weighted by atomic mass is 31.2. The van der Waals surface area contributed by atoms with Gasteiger partial charge in [-0.2, -0.15) is 0 Å². The van der Waals surface area contributed by atoms with Gasteiger partial charge in [0.1, 0.15) is 19.3 Å². The monoisotopic (exact) mass is 1390 g/mol. The van der Waals surface area contributed by atoms with E-state index in [0.29, 0.717) is 25.7 Å². The summed E-state index contributed by atoms with van der Waals surface area (Å²) in [5, 5.41) is 10.6. The lowest BCUT2D eigenvalue weighted by Gasteiger charge is -2.21. The fourth-order valence-electron chi connectivity index (χ4n) is 10.0. The molecule has 17 nitrogen and oxygen atoms in total. The van der Waals surface area contributed by atoms with Crippen LogP contribution in [0.25, 0.3) is 0 Å². The zero-order valence-electron chi connectivity index (χ0n) is 60.5. The Morgan fingerprint density at radius 1 is 0.302 bits per heavy atom. The van der Waals surface area contributed by atoms with Crippen LogP contribution in [0.2, 0.25) is 0 Å². The zero-order chi connectivity index (χ0) is 70.4. The Hall–Kier alpha value is -3.76. The number of phosphoric ester groups is 2. The predicted molar refractivity (Wildman–Crippen MR) is 390 cm³/mol. The van der Waals surface area contributed by atoms with E-state index in [0.717, 1.165) is 154 Å². The van der Waals surface area contributed by atoms with Gasteiger partial charge in [-0.25, -0.2) is 9.13 Å². The van der Waals surface area contributed by atoms with Crippen molar-refractivity contribution in [2.45, 2.75) is 341 Å². The van der Waals surface area contributed by atoms with E-state index >= 15 is 0 Å². The highest BCUT2D eigenvalue weighted by Crippen LogP contribution is 2.45. The van der Waals surface area contributed by atoms with Crippen molar-refractivity contribution in [2.75, 3.05) is 39.6 Å². The summed E-state index contributed by atoms with van der Waals surface area (Å²) in [6.45, 7) is 4.67. The minimum atomic E-state index is -4.98. The number of esters is 4. The van der Waals surface area contributed by atoms with Crippen LogP contribution >= 0.6 is 15.6 Å². The normalized spacial score (nSPS) is 14.4. The number of ether oxygens (including phenoxy) is 4. The van der Waals surface area contributed by atoms with Gasteiger partial charge >= 0.3 is 39.5 Å². The van der Waals surface area contributed by atoms with E-state index in [9.17, 15) is 43.2 Å². The Morgan fingerprint density at radius 3 is 0.896 bits per heavy atom. The highest BCUT2D eigenvalue weighted by molar-refractivity contribution is 7.47. The maximum absolute atomic E-state index is 13.0. The molecule has 5 atom stereocenters. The van der Waals surface area contributed by atoms with Crippen molar-refractivity contribution in [3.63, 3.8) is 0 Å². The van der Waals surface area contributed by atoms with Crippen LogP contribution in [0.15, 0.2) is 85.1 Å². The minimum absolute atomic E-state index is 0.0776. The van der Waals surface area contributed by atoms with Gasteiger partial charge in [-0.1, -0.05) is 267 Å². The summed E-state index contributed by atoms with van der Waals surface area (Å²) in [7, 11) is -9.95.